The normalized spacial score (nSPS) is 47.0. The summed E-state index contributed by atoms with van der Waals surface area (Å²) in [7, 11) is 0. The number of hydrogen-bond donors (Lipinski definition) is 8. The van der Waals surface area contributed by atoms with E-state index in [0.717, 1.165) is 6.07 Å². The first-order valence-electron chi connectivity index (χ1n) is 16.5. The highest BCUT2D eigenvalue weighted by molar-refractivity contribution is 5.96. The van der Waals surface area contributed by atoms with Gasteiger partial charge >= 0.3 is 0 Å². The lowest BCUT2D eigenvalue weighted by Gasteiger charge is -2.62. The van der Waals surface area contributed by atoms with Gasteiger partial charge in [-0.05, 0) is 71.8 Å². The van der Waals surface area contributed by atoms with Crippen LogP contribution in [0.4, 0.5) is 0 Å². The summed E-state index contributed by atoms with van der Waals surface area (Å²) in [5.41, 5.74) is -4.11. The molecule has 6 rings (SSSR count). The van der Waals surface area contributed by atoms with Crippen molar-refractivity contribution in [3.63, 3.8) is 0 Å². The Morgan fingerprint density at radius 1 is 1.02 bits per heavy atom. The molecule has 0 spiro atoms. The number of ether oxygens (including phenoxy) is 1. The van der Waals surface area contributed by atoms with Gasteiger partial charge in [0.15, 0.2) is 5.78 Å². The van der Waals surface area contributed by atoms with Crippen LogP contribution in [0.1, 0.15) is 78.2 Å². The first-order valence-corrected chi connectivity index (χ1v) is 16.5. The summed E-state index contributed by atoms with van der Waals surface area (Å²) in [4.78, 5) is 14.2. The van der Waals surface area contributed by atoms with E-state index in [1.54, 1.807) is 0 Å². The van der Waals surface area contributed by atoms with Gasteiger partial charge in [0.05, 0.1) is 30.0 Å². The lowest BCUT2D eigenvalue weighted by molar-refractivity contribution is -0.185. The van der Waals surface area contributed by atoms with Crippen molar-refractivity contribution in [2.24, 2.45) is 40.4 Å². The van der Waals surface area contributed by atoms with Crippen LogP contribution in [0.3, 0.4) is 0 Å². The molecule has 0 amide bonds. The van der Waals surface area contributed by atoms with Gasteiger partial charge in [-0.2, -0.15) is 0 Å². The zero-order valence-corrected chi connectivity index (χ0v) is 26.8. The third kappa shape index (κ3) is 4.43. The summed E-state index contributed by atoms with van der Waals surface area (Å²) in [5, 5.41) is 89.5. The summed E-state index contributed by atoms with van der Waals surface area (Å²) >= 11 is 0. The van der Waals surface area contributed by atoms with Crippen molar-refractivity contribution in [1.29, 1.82) is 0 Å². The van der Waals surface area contributed by atoms with Gasteiger partial charge in [-0.25, -0.2) is 0 Å². The largest absolute Gasteiger partial charge is 0.508 e. The highest BCUT2D eigenvalue weighted by Crippen LogP contribution is 2.72. The number of benzene rings is 1. The Kier molecular flexibility index (Phi) is 7.84. The zero-order chi connectivity index (χ0) is 33.0. The molecule has 1 heterocycles. The zero-order valence-electron chi connectivity index (χ0n) is 26.8. The van der Waals surface area contributed by atoms with Crippen molar-refractivity contribution in [2.75, 3.05) is 6.61 Å². The quantitative estimate of drug-likeness (QED) is 0.231. The van der Waals surface area contributed by atoms with E-state index in [9.17, 15) is 45.6 Å². The molecule has 4 aliphatic carbocycles. The van der Waals surface area contributed by atoms with Crippen LogP contribution >= 0.6 is 0 Å². The molecule has 45 heavy (non-hydrogen) atoms. The number of ketones is 1. The van der Waals surface area contributed by atoms with E-state index >= 15 is 0 Å². The van der Waals surface area contributed by atoms with Crippen molar-refractivity contribution < 1.29 is 50.4 Å². The Bertz CT molecular complexity index is 1360. The van der Waals surface area contributed by atoms with Crippen LogP contribution in [0.25, 0.3) is 0 Å². The molecule has 0 aromatic heterocycles. The lowest BCUT2D eigenvalue weighted by atomic mass is 9.43. The number of fused-ring (bicyclic) bond motifs is 7. The van der Waals surface area contributed by atoms with Gasteiger partial charge in [0.2, 0.25) is 0 Å². The molecule has 10 nitrogen and oxygen atoms in total. The molecule has 250 valence electrons. The predicted octanol–water partition coefficient (Wildman–Crippen LogP) is 2.14. The lowest BCUT2D eigenvalue weighted by Crippen LogP contribution is -2.64. The fraction of sp³-hybridized carbons (Fsp3) is 0.743. The third-order valence-electron chi connectivity index (χ3n) is 13.3. The second kappa shape index (κ2) is 10.7. The average molecular weight is 631 g/mol. The molecular formula is C35H50O10. The number of rotatable bonds is 6. The smallest absolute Gasteiger partial charge is 0.160 e. The first kappa shape index (κ1) is 32.9. The highest BCUT2D eigenvalue weighted by Gasteiger charge is 2.76. The van der Waals surface area contributed by atoms with Crippen LogP contribution in [-0.4, -0.2) is 95.0 Å². The number of phenolic OH excluding ortho intramolecular Hbond substituents is 2. The minimum absolute atomic E-state index is 0.0316. The molecule has 1 aromatic rings. The van der Waals surface area contributed by atoms with Crippen molar-refractivity contribution in [3.8, 4) is 11.5 Å². The van der Waals surface area contributed by atoms with E-state index in [2.05, 4.69) is 0 Å². The Labute approximate surface area is 264 Å². The number of aliphatic hydroxyl groups is 6. The Morgan fingerprint density at radius 3 is 2.27 bits per heavy atom. The number of aromatic hydroxyl groups is 2. The molecular weight excluding hydrogens is 580 g/mol. The maximum Gasteiger partial charge on any atom is 0.160 e. The van der Waals surface area contributed by atoms with Crippen LogP contribution < -0.4 is 0 Å². The molecule has 8 N–H and O–H groups in total. The summed E-state index contributed by atoms with van der Waals surface area (Å²) in [6.07, 6.45) is -2.41. The monoisotopic (exact) mass is 630 g/mol. The van der Waals surface area contributed by atoms with Crippen molar-refractivity contribution in [2.45, 2.75) is 114 Å². The summed E-state index contributed by atoms with van der Waals surface area (Å²) < 4.78 is 6.47. The maximum absolute atomic E-state index is 14.2. The molecule has 0 bridgehead atoms. The van der Waals surface area contributed by atoms with Crippen LogP contribution in [0.2, 0.25) is 0 Å². The van der Waals surface area contributed by atoms with Crippen molar-refractivity contribution in [1.82, 2.24) is 0 Å². The summed E-state index contributed by atoms with van der Waals surface area (Å²) in [6.45, 7) is 9.39. The van der Waals surface area contributed by atoms with Gasteiger partial charge < -0.3 is 45.6 Å². The van der Waals surface area contributed by atoms with Gasteiger partial charge in [-0.1, -0.05) is 34.6 Å². The fourth-order valence-electron chi connectivity index (χ4n) is 10.8. The first-order chi connectivity index (χ1) is 20.9. The minimum atomic E-state index is -1.62. The SMILES string of the molecule is CC(C)C(C)C(O)C1OC2CC3(O)C4=CC(=O)C5C(c6cc(O)cc(O)c6)C(O)C(O)CC5(C)C4CCC3(C)C2C1(O)CCO. The molecule has 4 fully saturated rings. The van der Waals surface area contributed by atoms with E-state index in [1.165, 1.54) is 18.2 Å². The van der Waals surface area contributed by atoms with E-state index in [4.69, 9.17) is 4.74 Å². The topological polar surface area (TPSA) is 188 Å². The number of hydrogen-bond acceptors (Lipinski definition) is 10. The molecule has 1 saturated heterocycles. The van der Waals surface area contributed by atoms with Gasteiger partial charge in [-0.15, -0.1) is 0 Å². The third-order valence-corrected chi connectivity index (χ3v) is 13.3. The van der Waals surface area contributed by atoms with Crippen molar-refractivity contribution in [3.05, 3.63) is 35.4 Å². The average Bonchev–Trinajstić information content (AvgIpc) is 3.36. The molecule has 14 unspecified atom stereocenters. The molecule has 1 aromatic carbocycles. The molecule has 3 saturated carbocycles. The van der Waals surface area contributed by atoms with Gasteiger partial charge in [0.1, 0.15) is 23.2 Å². The number of carbonyl (C=O) groups is 1. The number of phenols is 2. The van der Waals surface area contributed by atoms with Crippen LogP contribution in [0, 0.1) is 40.4 Å². The molecule has 14 atom stereocenters. The van der Waals surface area contributed by atoms with Gasteiger partial charge in [-0.3, -0.25) is 4.79 Å². The maximum atomic E-state index is 14.2. The Hall–Kier alpha value is -2.05. The Morgan fingerprint density at radius 2 is 1.67 bits per heavy atom. The van der Waals surface area contributed by atoms with E-state index in [1.807, 2.05) is 34.6 Å². The molecule has 5 aliphatic rings. The summed E-state index contributed by atoms with van der Waals surface area (Å²) in [6, 6.07) is 3.95. The number of carbonyl (C=O) groups excluding carboxylic acids is 1. The van der Waals surface area contributed by atoms with Crippen molar-refractivity contribution >= 4 is 5.78 Å². The summed E-state index contributed by atoms with van der Waals surface area (Å²) in [5.74, 6) is -3.49. The van der Waals surface area contributed by atoms with Crippen LogP contribution in [0.15, 0.2) is 29.8 Å². The number of aliphatic hydroxyl groups excluding tert-OH is 4. The molecule has 0 radical (unpaired) electrons. The minimum Gasteiger partial charge on any atom is -0.508 e. The van der Waals surface area contributed by atoms with E-state index in [-0.39, 0.29) is 60.9 Å². The van der Waals surface area contributed by atoms with E-state index in [0.29, 0.717) is 24.0 Å². The predicted molar refractivity (Wildman–Crippen MR) is 163 cm³/mol. The number of allylic oxidation sites excluding steroid dienone is 1. The van der Waals surface area contributed by atoms with Gasteiger partial charge in [0.25, 0.3) is 0 Å². The highest BCUT2D eigenvalue weighted by atomic mass is 16.5. The fourth-order valence-corrected chi connectivity index (χ4v) is 10.8. The van der Waals surface area contributed by atoms with E-state index < -0.39 is 70.3 Å². The standard InChI is InChI=1S/C35H50O10/c1-16(2)17(3)28(41)31-34(43,8-9-36)30-25(45-31)15-35(44)22-13-23(39)27-26(18-10-19(37)12-20(38)11-18)29(42)24(40)14-32(27,4)21(22)6-7-33(30,35)5/h10-13,16-17,21,24-31,36-38,40-44H,6-9,14-15H2,1-5H3. The van der Waals surface area contributed by atoms with Crippen LogP contribution in [0.5, 0.6) is 11.5 Å². The van der Waals surface area contributed by atoms with Gasteiger partial charge in [0, 0.05) is 48.7 Å². The molecule has 10 heteroatoms. The Balaban J connectivity index is 1.42. The second-order valence-electron chi connectivity index (χ2n) is 15.8. The molecule has 1 aliphatic heterocycles. The second-order valence-corrected chi connectivity index (χ2v) is 15.8. The van der Waals surface area contributed by atoms with Crippen LogP contribution in [-0.2, 0) is 9.53 Å².